The van der Waals surface area contributed by atoms with Crippen LogP contribution >= 0.6 is 11.3 Å². The highest BCUT2D eigenvalue weighted by Gasteiger charge is 2.44. The van der Waals surface area contributed by atoms with Crippen LogP contribution in [0.25, 0.3) is 0 Å². The van der Waals surface area contributed by atoms with Gasteiger partial charge < -0.3 is 10.0 Å². The fourth-order valence-corrected chi connectivity index (χ4v) is 3.26. The third kappa shape index (κ3) is 2.29. The smallest absolute Gasteiger partial charge is 0.324 e. The topological polar surface area (TPSA) is 87.6 Å². The Balaban J connectivity index is 2.07. The zero-order valence-electron chi connectivity index (χ0n) is 11.6. The van der Waals surface area contributed by atoms with E-state index in [2.05, 4.69) is 4.98 Å². The minimum atomic E-state index is -1.68. The number of carboxylic acid groups (broad SMARTS) is 1. The zero-order chi connectivity index (χ0) is 15.9. The zero-order valence-corrected chi connectivity index (χ0v) is 12.5. The molecule has 1 aliphatic heterocycles. The molecular weight excluding hydrogens is 304 g/mol. The van der Waals surface area contributed by atoms with Crippen molar-refractivity contribution in [1.29, 1.82) is 0 Å². The van der Waals surface area contributed by atoms with Crippen molar-refractivity contribution >= 4 is 34.7 Å². The minimum Gasteiger partial charge on any atom is -0.480 e. The maximum atomic E-state index is 12.5. The van der Waals surface area contributed by atoms with E-state index in [9.17, 15) is 19.5 Å². The summed E-state index contributed by atoms with van der Waals surface area (Å²) in [7, 11) is 0. The quantitative estimate of drug-likeness (QED) is 0.874. The number of Topliss-reactive ketones (excluding diaryl/α,β-unsaturated/α-hetero) is 1. The van der Waals surface area contributed by atoms with Crippen molar-refractivity contribution in [1.82, 2.24) is 4.98 Å². The number of aromatic nitrogens is 1. The number of thiazole rings is 1. The van der Waals surface area contributed by atoms with Crippen LogP contribution < -0.4 is 4.90 Å². The van der Waals surface area contributed by atoms with Crippen LogP contribution in [-0.4, -0.2) is 27.8 Å². The molecule has 3 rings (SSSR count). The Morgan fingerprint density at radius 3 is 2.73 bits per heavy atom. The molecule has 0 spiro atoms. The van der Waals surface area contributed by atoms with Gasteiger partial charge in [0.2, 0.25) is 5.91 Å². The average Bonchev–Trinajstić information content (AvgIpc) is 2.88. The second kappa shape index (κ2) is 5.34. The molecule has 0 aliphatic carbocycles. The number of aryl methyl sites for hydroxylation is 1. The molecule has 1 atom stereocenters. The monoisotopic (exact) mass is 316 g/mol. The molecule has 1 aromatic carbocycles. The predicted octanol–water partition coefficient (Wildman–Crippen LogP) is 1.88. The minimum absolute atomic E-state index is 0.207. The van der Waals surface area contributed by atoms with Crippen molar-refractivity contribution in [3.63, 3.8) is 0 Å². The van der Waals surface area contributed by atoms with Crippen molar-refractivity contribution in [2.45, 2.75) is 13.5 Å². The van der Waals surface area contributed by atoms with Gasteiger partial charge in [0.1, 0.15) is 0 Å². The number of carbonyl (C=O) groups is 3. The van der Waals surface area contributed by atoms with E-state index < -0.39 is 23.6 Å². The van der Waals surface area contributed by atoms with E-state index in [1.54, 1.807) is 30.5 Å². The molecule has 7 heteroatoms. The highest BCUT2D eigenvalue weighted by molar-refractivity contribution is 7.11. The summed E-state index contributed by atoms with van der Waals surface area (Å²) < 4.78 is 0. The number of ketones is 1. The Labute approximate surface area is 130 Å². The molecule has 1 amide bonds. The molecule has 1 aromatic heterocycles. The van der Waals surface area contributed by atoms with Gasteiger partial charge in [0, 0.05) is 16.6 Å². The van der Waals surface area contributed by atoms with Crippen molar-refractivity contribution in [3.05, 3.63) is 45.9 Å². The molecule has 112 valence electrons. The fraction of sp³-hybridized carbons (Fsp3) is 0.200. The maximum Gasteiger partial charge on any atom is 0.324 e. The molecule has 0 saturated carbocycles. The van der Waals surface area contributed by atoms with Gasteiger partial charge in [0.15, 0.2) is 11.7 Å². The molecule has 0 fully saturated rings. The van der Waals surface area contributed by atoms with Crippen LogP contribution in [0.4, 0.5) is 5.69 Å². The predicted molar refractivity (Wildman–Crippen MR) is 79.9 cm³/mol. The van der Waals surface area contributed by atoms with Gasteiger partial charge in [-0.1, -0.05) is 12.1 Å². The van der Waals surface area contributed by atoms with Crippen LogP contribution in [0.5, 0.6) is 0 Å². The first kappa shape index (κ1) is 14.4. The molecule has 1 N–H and O–H groups in total. The number of hydrogen-bond acceptors (Lipinski definition) is 5. The summed E-state index contributed by atoms with van der Waals surface area (Å²) in [6.07, 6.45) is 1.65. The van der Waals surface area contributed by atoms with E-state index in [1.807, 2.05) is 6.92 Å². The van der Waals surface area contributed by atoms with E-state index in [0.717, 1.165) is 9.88 Å². The first-order chi connectivity index (χ1) is 10.5. The number of aliphatic carboxylic acids is 1. The molecule has 22 heavy (non-hydrogen) atoms. The van der Waals surface area contributed by atoms with Gasteiger partial charge >= 0.3 is 5.97 Å². The van der Waals surface area contributed by atoms with Gasteiger partial charge in [0.05, 0.1) is 17.2 Å². The Morgan fingerprint density at radius 2 is 2.09 bits per heavy atom. The SMILES string of the molecule is Cc1ncc(CN2C(=O)C(C(=O)O)C(=O)c3ccccc32)s1. The second-order valence-corrected chi connectivity index (χ2v) is 6.24. The number of carboxylic acids is 1. The van der Waals surface area contributed by atoms with Crippen molar-refractivity contribution in [2.75, 3.05) is 4.90 Å². The number of nitrogens with zero attached hydrogens (tertiary/aromatic N) is 2. The van der Waals surface area contributed by atoms with E-state index in [-0.39, 0.29) is 12.1 Å². The summed E-state index contributed by atoms with van der Waals surface area (Å²) in [6.45, 7) is 2.06. The van der Waals surface area contributed by atoms with Gasteiger partial charge in [-0.25, -0.2) is 4.98 Å². The number of para-hydroxylation sites is 1. The lowest BCUT2D eigenvalue weighted by Gasteiger charge is -2.31. The third-order valence-corrected chi connectivity index (χ3v) is 4.36. The summed E-state index contributed by atoms with van der Waals surface area (Å²) in [5.41, 5.74) is 0.705. The van der Waals surface area contributed by atoms with Crippen molar-refractivity contribution in [3.8, 4) is 0 Å². The van der Waals surface area contributed by atoms with Crippen molar-refractivity contribution in [2.24, 2.45) is 5.92 Å². The van der Waals surface area contributed by atoms with Gasteiger partial charge in [0.25, 0.3) is 0 Å². The first-order valence-electron chi connectivity index (χ1n) is 6.58. The lowest BCUT2D eigenvalue weighted by atomic mass is 9.90. The summed E-state index contributed by atoms with van der Waals surface area (Å²) in [5, 5.41) is 10.1. The highest BCUT2D eigenvalue weighted by Crippen LogP contribution is 2.32. The molecular formula is C15H12N2O4S. The Kier molecular flexibility index (Phi) is 3.50. The van der Waals surface area contributed by atoms with Gasteiger partial charge in [-0.2, -0.15) is 0 Å². The summed E-state index contributed by atoms with van der Waals surface area (Å²) in [5.74, 6) is -4.47. The highest BCUT2D eigenvalue weighted by atomic mass is 32.1. The van der Waals surface area contributed by atoms with E-state index >= 15 is 0 Å². The van der Waals surface area contributed by atoms with Crippen LogP contribution in [0.3, 0.4) is 0 Å². The fourth-order valence-electron chi connectivity index (χ4n) is 2.47. The van der Waals surface area contributed by atoms with Gasteiger partial charge in [-0.15, -0.1) is 11.3 Å². The number of benzene rings is 1. The molecule has 1 unspecified atom stereocenters. The van der Waals surface area contributed by atoms with Crippen LogP contribution in [0.1, 0.15) is 20.2 Å². The van der Waals surface area contributed by atoms with E-state index in [1.165, 1.54) is 16.2 Å². The Morgan fingerprint density at radius 1 is 1.36 bits per heavy atom. The lowest BCUT2D eigenvalue weighted by molar-refractivity contribution is -0.144. The maximum absolute atomic E-state index is 12.5. The van der Waals surface area contributed by atoms with E-state index in [4.69, 9.17) is 0 Å². The standard InChI is InChI=1S/C15H12N2O4S/c1-8-16-6-9(22-8)7-17-11-5-3-2-4-10(11)13(18)12(14(17)19)15(20)21/h2-6,12H,7H2,1H3,(H,20,21). The summed E-state index contributed by atoms with van der Waals surface area (Å²) >= 11 is 1.43. The molecule has 2 aromatic rings. The summed E-state index contributed by atoms with van der Waals surface area (Å²) in [4.78, 5) is 42.3. The van der Waals surface area contributed by atoms with Crippen LogP contribution in [-0.2, 0) is 16.1 Å². The van der Waals surface area contributed by atoms with Gasteiger partial charge in [-0.3, -0.25) is 14.4 Å². The first-order valence-corrected chi connectivity index (χ1v) is 7.39. The van der Waals surface area contributed by atoms with Crippen LogP contribution in [0, 0.1) is 12.8 Å². The van der Waals surface area contributed by atoms with E-state index in [0.29, 0.717) is 5.69 Å². The number of hydrogen-bond donors (Lipinski definition) is 1. The molecule has 1 aliphatic rings. The number of fused-ring (bicyclic) bond motifs is 1. The second-order valence-electron chi connectivity index (χ2n) is 4.92. The molecule has 0 radical (unpaired) electrons. The largest absolute Gasteiger partial charge is 0.480 e. The molecule has 0 saturated heterocycles. The average molecular weight is 316 g/mol. The number of amides is 1. The number of anilines is 1. The van der Waals surface area contributed by atoms with Crippen LogP contribution in [0.15, 0.2) is 30.5 Å². The number of rotatable bonds is 3. The third-order valence-electron chi connectivity index (χ3n) is 3.47. The Hall–Kier alpha value is -2.54. The lowest BCUT2D eigenvalue weighted by Crippen LogP contribution is -2.47. The molecule has 0 bridgehead atoms. The summed E-state index contributed by atoms with van der Waals surface area (Å²) in [6, 6.07) is 6.56. The molecule has 2 heterocycles. The van der Waals surface area contributed by atoms with Gasteiger partial charge in [-0.05, 0) is 19.1 Å². The normalized spacial score (nSPS) is 17.5. The van der Waals surface area contributed by atoms with Crippen molar-refractivity contribution < 1.29 is 19.5 Å². The number of carbonyl (C=O) groups excluding carboxylic acids is 2. The Bertz CT molecular complexity index is 783. The van der Waals surface area contributed by atoms with Crippen LogP contribution in [0.2, 0.25) is 0 Å². The molecule has 6 nitrogen and oxygen atoms in total.